The fourth-order valence-electron chi connectivity index (χ4n) is 3.76. The monoisotopic (exact) mass is 492 g/mol. The highest BCUT2D eigenvalue weighted by Gasteiger charge is 2.31. The summed E-state index contributed by atoms with van der Waals surface area (Å²) in [6.45, 7) is 1.73. The van der Waals surface area contributed by atoms with E-state index in [0.29, 0.717) is 33.9 Å². The Morgan fingerprint density at radius 1 is 0.972 bits per heavy atom. The van der Waals surface area contributed by atoms with Gasteiger partial charge in [-0.25, -0.2) is 19.7 Å². The van der Waals surface area contributed by atoms with E-state index < -0.39 is 17.8 Å². The largest absolute Gasteiger partial charge is 0.416 e. The van der Waals surface area contributed by atoms with Gasteiger partial charge >= 0.3 is 12.2 Å². The lowest BCUT2D eigenvalue weighted by Crippen LogP contribution is -2.20. The highest BCUT2D eigenvalue weighted by Crippen LogP contribution is 2.33. The second-order valence-electron chi connectivity index (χ2n) is 8.00. The van der Waals surface area contributed by atoms with Gasteiger partial charge in [0, 0.05) is 35.1 Å². The van der Waals surface area contributed by atoms with Crippen LogP contribution in [0, 0.1) is 6.92 Å². The quantitative estimate of drug-likeness (QED) is 0.321. The van der Waals surface area contributed by atoms with Crippen LogP contribution >= 0.6 is 0 Å². The van der Waals surface area contributed by atoms with E-state index in [1.807, 2.05) is 6.07 Å². The SMILES string of the molecule is Cc1cn(-c2cc(NC(=O)Nc3cccc(-n4ccc5c(N)ncnc54)c3)cc(C(F)(F)F)c2)cn1. The zero-order valence-corrected chi connectivity index (χ0v) is 18.8. The topological polar surface area (TPSA) is 116 Å². The number of imidazole rings is 1. The molecule has 0 unspecified atom stereocenters. The number of halogens is 3. The van der Waals surface area contributed by atoms with Gasteiger partial charge in [0.25, 0.3) is 0 Å². The van der Waals surface area contributed by atoms with Gasteiger partial charge in [0.05, 0.1) is 23.0 Å². The normalized spacial score (nSPS) is 11.6. The zero-order valence-electron chi connectivity index (χ0n) is 18.8. The maximum atomic E-state index is 13.5. The van der Waals surface area contributed by atoms with E-state index in [1.165, 1.54) is 23.3 Å². The molecule has 0 saturated heterocycles. The van der Waals surface area contributed by atoms with E-state index in [4.69, 9.17) is 5.73 Å². The molecule has 0 spiro atoms. The summed E-state index contributed by atoms with van der Waals surface area (Å²) in [5, 5.41) is 5.82. The van der Waals surface area contributed by atoms with Crippen LogP contribution in [0.25, 0.3) is 22.4 Å². The minimum atomic E-state index is -4.60. The van der Waals surface area contributed by atoms with Crippen molar-refractivity contribution in [1.82, 2.24) is 24.1 Å². The Morgan fingerprint density at radius 2 is 1.75 bits per heavy atom. The first-order chi connectivity index (χ1) is 17.2. The molecule has 5 rings (SSSR count). The van der Waals surface area contributed by atoms with Crippen LogP contribution in [-0.4, -0.2) is 30.1 Å². The molecule has 12 heteroatoms. The lowest BCUT2D eigenvalue weighted by molar-refractivity contribution is -0.137. The number of alkyl halides is 3. The van der Waals surface area contributed by atoms with E-state index in [-0.39, 0.29) is 11.4 Å². The van der Waals surface area contributed by atoms with E-state index in [1.54, 1.807) is 48.1 Å². The first-order valence-corrected chi connectivity index (χ1v) is 10.7. The molecular weight excluding hydrogens is 473 g/mol. The number of nitrogens with two attached hydrogens (primary N) is 1. The van der Waals surface area contributed by atoms with Crippen LogP contribution in [-0.2, 0) is 6.18 Å². The molecule has 9 nitrogen and oxygen atoms in total. The van der Waals surface area contributed by atoms with Gasteiger partial charge in [-0.3, -0.25) is 0 Å². The number of benzene rings is 2. The Bertz CT molecular complexity index is 1590. The predicted molar refractivity (Wildman–Crippen MR) is 129 cm³/mol. The zero-order chi connectivity index (χ0) is 25.4. The number of anilines is 3. The lowest BCUT2D eigenvalue weighted by Gasteiger charge is -2.14. The van der Waals surface area contributed by atoms with Crippen molar-refractivity contribution in [1.29, 1.82) is 0 Å². The van der Waals surface area contributed by atoms with Crippen LogP contribution in [0.2, 0.25) is 0 Å². The number of hydrogen-bond donors (Lipinski definition) is 3. The van der Waals surface area contributed by atoms with Gasteiger partial charge < -0.3 is 25.5 Å². The van der Waals surface area contributed by atoms with Crippen molar-refractivity contribution >= 4 is 34.3 Å². The van der Waals surface area contributed by atoms with Gasteiger partial charge in [-0.2, -0.15) is 13.2 Å². The molecule has 2 amide bonds. The number of nitrogens with zero attached hydrogens (tertiary/aromatic N) is 5. The fourth-order valence-corrected chi connectivity index (χ4v) is 3.76. The van der Waals surface area contributed by atoms with Crippen molar-refractivity contribution in [3.8, 4) is 11.4 Å². The van der Waals surface area contributed by atoms with Crippen molar-refractivity contribution in [2.24, 2.45) is 0 Å². The molecule has 0 saturated carbocycles. The second kappa shape index (κ2) is 8.73. The molecule has 36 heavy (non-hydrogen) atoms. The van der Waals surface area contributed by atoms with E-state index >= 15 is 0 Å². The maximum Gasteiger partial charge on any atom is 0.416 e. The number of nitrogens with one attached hydrogen (secondary N) is 2. The number of aryl methyl sites for hydroxylation is 1. The molecule has 0 radical (unpaired) electrons. The third kappa shape index (κ3) is 4.56. The number of urea groups is 1. The van der Waals surface area contributed by atoms with Crippen LogP contribution in [0.3, 0.4) is 0 Å². The lowest BCUT2D eigenvalue weighted by atomic mass is 10.1. The number of rotatable bonds is 4. The first kappa shape index (κ1) is 22.9. The molecule has 4 N–H and O–H groups in total. The van der Waals surface area contributed by atoms with Gasteiger partial charge in [-0.1, -0.05) is 6.07 Å². The van der Waals surface area contributed by atoms with Crippen LogP contribution < -0.4 is 16.4 Å². The number of aromatic nitrogens is 5. The highest BCUT2D eigenvalue weighted by molar-refractivity contribution is 6.00. The van der Waals surface area contributed by atoms with Crippen molar-refractivity contribution in [3.63, 3.8) is 0 Å². The standard InChI is InChI=1S/C24H19F3N8O/c1-14-11-34(13-31-14)19-8-15(24(25,26)27)7-17(10-19)33-23(36)32-16-3-2-4-18(9-16)35-6-5-20-21(28)29-12-30-22(20)35/h2-13H,1H3,(H2,28,29,30)(H2,32,33,36). The molecule has 3 heterocycles. The molecule has 5 aromatic rings. The summed E-state index contributed by atoms with van der Waals surface area (Å²) in [4.78, 5) is 25.0. The van der Waals surface area contributed by atoms with Crippen LogP contribution in [0.5, 0.6) is 0 Å². The molecule has 0 atom stereocenters. The Hall–Kier alpha value is -4.87. The van der Waals surface area contributed by atoms with Crippen molar-refractivity contribution < 1.29 is 18.0 Å². The summed E-state index contributed by atoms with van der Waals surface area (Å²) in [5.41, 5.74) is 7.54. The predicted octanol–water partition coefficient (Wildman–Crippen LogP) is 5.16. The third-order valence-corrected chi connectivity index (χ3v) is 5.41. The Balaban J connectivity index is 1.40. The summed E-state index contributed by atoms with van der Waals surface area (Å²) in [7, 11) is 0. The van der Waals surface area contributed by atoms with E-state index in [9.17, 15) is 18.0 Å². The number of nitrogen functional groups attached to an aromatic ring is 1. The van der Waals surface area contributed by atoms with Crippen LogP contribution in [0.1, 0.15) is 11.3 Å². The number of fused-ring (bicyclic) bond motifs is 1. The smallest absolute Gasteiger partial charge is 0.383 e. The minimum absolute atomic E-state index is 0.0246. The van der Waals surface area contributed by atoms with Crippen molar-refractivity contribution in [3.05, 3.63) is 84.8 Å². The third-order valence-electron chi connectivity index (χ3n) is 5.41. The Kier molecular flexibility index (Phi) is 5.55. The van der Waals surface area contributed by atoms with Gasteiger partial charge in [-0.05, 0) is 49.4 Å². The number of amides is 2. The van der Waals surface area contributed by atoms with Crippen molar-refractivity contribution in [2.75, 3.05) is 16.4 Å². The van der Waals surface area contributed by atoms with Crippen LogP contribution in [0.4, 0.5) is 35.2 Å². The molecule has 3 aromatic heterocycles. The van der Waals surface area contributed by atoms with Crippen LogP contribution in [0.15, 0.2) is 73.6 Å². The second-order valence-corrected chi connectivity index (χ2v) is 8.00. The van der Waals surface area contributed by atoms with Gasteiger partial charge in [0.2, 0.25) is 0 Å². The average Bonchev–Trinajstić information content (AvgIpc) is 3.46. The molecule has 2 aromatic carbocycles. The van der Waals surface area contributed by atoms with Crippen molar-refractivity contribution in [2.45, 2.75) is 13.1 Å². The van der Waals surface area contributed by atoms with E-state index in [0.717, 1.165) is 12.1 Å². The molecule has 0 aliphatic carbocycles. The number of carbonyl (C=O) groups excluding carboxylic acids is 1. The number of carbonyl (C=O) groups is 1. The minimum Gasteiger partial charge on any atom is -0.383 e. The summed E-state index contributed by atoms with van der Waals surface area (Å²) >= 11 is 0. The summed E-state index contributed by atoms with van der Waals surface area (Å²) in [6, 6.07) is 11.3. The highest BCUT2D eigenvalue weighted by atomic mass is 19.4. The Labute approximate surface area is 202 Å². The number of hydrogen-bond acceptors (Lipinski definition) is 5. The first-order valence-electron chi connectivity index (χ1n) is 10.7. The summed E-state index contributed by atoms with van der Waals surface area (Å²) in [6.07, 6.45) is 1.53. The van der Waals surface area contributed by atoms with Gasteiger partial charge in [0.15, 0.2) is 0 Å². The van der Waals surface area contributed by atoms with E-state index in [2.05, 4.69) is 25.6 Å². The molecule has 0 fully saturated rings. The molecule has 0 aliphatic heterocycles. The summed E-state index contributed by atoms with van der Waals surface area (Å²) in [5.74, 6) is 0.346. The fraction of sp³-hybridized carbons (Fsp3) is 0.0833. The summed E-state index contributed by atoms with van der Waals surface area (Å²) < 4.78 is 43.7. The molecular formula is C24H19F3N8O. The van der Waals surface area contributed by atoms with Gasteiger partial charge in [0.1, 0.15) is 17.8 Å². The Morgan fingerprint density at radius 3 is 2.50 bits per heavy atom. The van der Waals surface area contributed by atoms with Gasteiger partial charge in [-0.15, -0.1) is 0 Å². The average molecular weight is 492 g/mol. The molecule has 182 valence electrons. The molecule has 0 aliphatic rings. The maximum absolute atomic E-state index is 13.5. The molecule has 0 bridgehead atoms.